The number of halogens is 2. The third-order valence-corrected chi connectivity index (χ3v) is 4.71. The van der Waals surface area contributed by atoms with E-state index in [4.69, 9.17) is 16.7 Å². The van der Waals surface area contributed by atoms with Gasteiger partial charge in [0.05, 0.1) is 6.54 Å². The van der Waals surface area contributed by atoms with E-state index in [1.165, 1.54) is 11.9 Å². The summed E-state index contributed by atoms with van der Waals surface area (Å²) in [5, 5.41) is 22.6. The summed E-state index contributed by atoms with van der Waals surface area (Å²) in [5.74, 6) is -0.461. The number of hydrogen-bond donors (Lipinski definition) is 3. The van der Waals surface area contributed by atoms with Crippen molar-refractivity contribution in [1.82, 2.24) is 10.2 Å². The van der Waals surface area contributed by atoms with Crippen LogP contribution < -0.4 is 5.32 Å². The summed E-state index contributed by atoms with van der Waals surface area (Å²) >= 11 is 9.30. The number of hydrogen-bond acceptors (Lipinski definition) is 3. The molecule has 0 fully saturated rings. The van der Waals surface area contributed by atoms with Crippen LogP contribution >= 0.6 is 27.5 Å². The van der Waals surface area contributed by atoms with E-state index >= 15 is 0 Å². The van der Waals surface area contributed by atoms with Gasteiger partial charge in [-0.25, -0.2) is 4.79 Å². The van der Waals surface area contributed by atoms with E-state index in [9.17, 15) is 14.7 Å². The van der Waals surface area contributed by atoms with Gasteiger partial charge >= 0.3 is 6.09 Å². The average molecular weight is 442 g/mol. The van der Waals surface area contributed by atoms with Gasteiger partial charge in [-0.05, 0) is 35.4 Å². The first-order chi connectivity index (χ1) is 12.2. The molecule has 0 aromatic heterocycles. The Labute approximate surface area is 164 Å². The van der Waals surface area contributed by atoms with Gasteiger partial charge in [-0.2, -0.15) is 0 Å². The van der Waals surface area contributed by atoms with E-state index in [1.807, 2.05) is 5.32 Å². The summed E-state index contributed by atoms with van der Waals surface area (Å²) in [7, 11) is 1.51. The topological polar surface area (TPSA) is 89.9 Å². The lowest BCUT2D eigenvalue weighted by molar-refractivity contribution is -0.131. The van der Waals surface area contributed by atoms with Crippen LogP contribution in [0.4, 0.5) is 4.79 Å². The predicted octanol–water partition coefficient (Wildman–Crippen LogP) is 3.06. The van der Waals surface area contributed by atoms with Crippen molar-refractivity contribution in [1.29, 1.82) is 0 Å². The van der Waals surface area contributed by atoms with Gasteiger partial charge in [0.2, 0.25) is 5.91 Å². The van der Waals surface area contributed by atoms with E-state index in [0.717, 1.165) is 4.47 Å². The Kier molecular flexibility index (Phi) is 6.63. The number of carbonyl (C=O) groups excluding carboxylic acids is 1. The molecule has 0 bridgehead atoms. The maximum atomic E-state index is 12.2. The number of carboxylic acid groups (broad SMARTS) is 1. The van der Waals surface area contributed by atoms with Crippen LogP contribution in [0.15, 0.2) is 53.0 Å². The molecule has 8 heteroatoms. The first kappa shape index (κ1) is 20.2. The van der Waals surface area contributed by atoms with E-state index in [-0.39, 0.29) is 13.1 Å². The quantitative estimate of drug-likeness (QED) is 0.643. The third-order valence-electron chi connectivity index (χ3n) is 3.93. The molecular weight excluding hydrogens is 424 g/mol. The van der Waals surface area contributed by atoms with Gasteiger partial charge in [0.15, 0.2) is 0 Å². The smallest absolute Gasteiger partial charge is 0.405 e. The van der Waals surface area contributed by atoms with Crippen LogP contribution in [-0.2, 0) is 10.4 Å². The fourth-order valence-electron chi connectivity index (χ4n) is 2.52. The highest BCUT2D eigenvalue weighted by Gasteiger charge is 2.34. The van der Waals surface area contributed by atoms with Crippen molar-refractivity contribution < 1.29 is 19.8 Å². The number of aliphatic hydroxyl groups is 1. The van der Waals surface area contributed by atoms with Crippen LogP contribution in [0.25, 0.3) is 0 Å². The second-order valence-electron chi connectivity index (χ2n) is 5.78. The Balaban J connectivity index is 2.34. The molecule has 0 aliphatic rings. The van der Waals surface area contributed by atoms with Gasteiger partial charge in [0.25, 0.3) is 0 Å². The Morgan fingerprint density at radius 1 is 1.12 bits per heavy atom. The Morgan fingerprint density at radius 2 is 1.62 bits per heavy atom. The molecule has 0 aliphatic carbocycles. The van der Waals surface area contributed by atoms with E-state index < -0.39 is 17.6 Å². The highest BCUT2D eigenvalue weighted by molar-refractivity contribution is 9.10. The number of rotatable bonds is 6. The molecule has 138 valence electrons. The van der Waals surface area contributed by atoms with Crippen molar-refractivity contribution in [2.75, 3.05) is 20.1 Å². The monoisotopic (exact) mass is 440 g/mol. The highest BCUT2D eigenvalue weighted by atomic mass is 79.9. The molecule has 0 spiro atoms. The van der Waals surface area contributed by atoms with Crippen molar-refractivity contribution in [3.8, 4) is 0 Å². The first-order valence-electron chi connectivity index (χ1n) is 7.67. The van der Waals surface area contributed by atoms with Crippen LogP contribution in [0.2, 0.25) is 5.02 Å². The Hall–Kier alpha value is -2.09. The average Bonchev–Trinajstić information content (AvgIpc) is 2.60. The number of nitrogens with zero attached hydrogens (tertiary/aromatic N) is 1. The Morgan fingerprint density at radius 3 is 2.12 bits per heavy atom. The van der Waals surface area contributed by atoms with E-state index in [1.54, 1.807) is 48.5 Å². The zero-order chi connectivity index (χ0) is 19.3. The molecule has 0 heterocycles. The molecular formula is C18H18BrClN2O4. The molecule has 3 N–H and O–H groups in total. The molecule has 0 saturated heterocycles. The maximum absolute atomic E-state index is 12.2. The zero-order valence-electron chi connectivity index (χ0n) is 13.9. The SMILES string of the molecule is CN(CC(O)(c1ccc(Cl)cc1)c1ccc(Br)cc1)C(=O)CNC(=O)O. The molecule has 2 amide bonds. The molecule has 6 nitrogen and oxygen atoms in total. The lowest BCUT2D eigenvalue weighted by Crippen LogP contribution is -2.46. The number of amides is 2. The molecule has 0 radical (unpaired) electrons. The van der Waals surface area contributed by atoms with Crippen LogP contribution in [0, 0.1) is 0 Å². The molecule has 0 aliphatic heterocycles. The first-order valence-corrected chi connectivity index (χ1v) is 8.84. The van der Waals surface area contributed by atoms with E-state index in [2.05, 4.69) is 15.9 Å². The van der Waals surface area contributed by atoms with Crippen LogP contribution in [-0.4, -0.2) is 47.3 Å². The van der Waals surface area contributed by atoms with Crippen LogP contribution in [0.3, 0.4) is 0 Å². The van der Waals surface area contributed by atoms with Crippen molar-refractivity contribution in [3.63, 3.8) is 0 Å². The fraction of sp³-hybridized carbons (Fsp3) is 0.222. The van der Waals surface area contributed by atoms with Gasteiger partial charge < -0.3 is 20.4 Å². The second-order valence-corrected chi connectivity index (χ2v) is 7.13. The van der Waals surface area contributed by atoms with Gasteiger partial charge in [-0.1, -0.05) is 51.8 Å². The molecule has 1 atom stereocenters. The number of benzene rings is 2. The van der Waals surface area contributed by atoms with E-state index in [0.29, 0.717) is 16.1 Å². The normalized spacial score (nSPS) is 12.9. The maximum Gasteiger partial charge on any atom is 0.405 e. The number of carbonyl (C=O) groups is 2. The number of nitrogens with one attached hydrogen (secondary N) is 1. The summed E-state index contributed by atoms with van der Waals surface area (Å²) in [6.07, 6.45) is -1.28. The van der Waals surface area contributed by atoms with Crippen molar-refractivity contribution in [3.05, 3.63) is 69.2 Å². The molecule has 2 rings (SSSR count). The molecule has 2 aromatic rings. The van der Waals surface area contributed by atoms with Crippen molar-refractivity contribution >= 4 is 39.5 Å². The third kappa shape index (κ3) is 4.97. The highest BCUT2D eigenvalue weighted by Crippen LogP contribution is 2.32. The van der Waals surface area contributed by atoms with Crippen molar-refractivity contribution in [2.24, 2.45) is 0 Å². The minimum atomic E-state index is -1.49. The Bertz CT molecular complexity index is 735. The summed E-state index contributed by atoms with van der Waals surface area (Å²) in [6.45, 7) is -0.431. The second kappa shape index (κ2) is 8.53. The van der Waals surface area contributed by atoms with Gasteiger partial charge in [0, 0.05) is 16.5 Å². The van der Waals surface area contributed by atoms with Gasteiger partial charge in [-0.15, -0.1) is 0 Å². The molecule has 0 saturated carbocycles. The minimum absolute atomic E-state index is 0.0591. The standard InChI is InChI=1S/C18H18BrClN2O4/c1-22(16(23)10-21-17(24)25)11-18(26,12-2-6-14(19)7-3-12)13-4-8-15(20)9-5-13/h2-9,21,26H,10-11H2,1H3,(H,24,25). The van der Waals surface area contributed by atoms with Crippen molar-refractivity contribution in [2.45, 2.75) is 5.60 Å². The fourth-order valence-corrected chi connectivity index (χ4v) is 2.91. The summed E-state index contributed by atoms with van der Waals surface area (Å²) in [5.41, 5.74) is -0.331. The van der Waals surface area contributed by atoms with Crippen LogP contribution in [0.5, 0.6) is 0 Å². The zero-order valence-corrected chi connectivity index (χ0v) is 16.3. The summed E-state index contributed by atoms with van der Waals surface area (Å²) < 4.78 is 0.856. The minimum Gasteiger partial charge on any atom is -0.465 e. The van der Waals surface area contributed by atoms with Gasteiger partial charge in [-0.3, -0.25) is 4.79 Å². The lowest BCUT2D eigenvalue weighted by atomic mass is 9.86. The summed E-state index contributed by atoms with van der Waals surface area (Å²) in [4.78, 5) is 24.0. The lowest BCUT2D eigenvalue weighted by Gasteiger charge is -2.33. The molecule has 1 unspecified atom stereocenters. The molecule has 2 aromatic carbocycles. The predicted molar refractivity (Wildman–Crippen MR) is 102 cm³/mol. The summed E-state index contributed by atoms with van der Waals surface area (Å²) in [6, 6.07) is 13.8. The number of likely N-dealkylation sites (N-methyl/N-ethyl adjacent to an activating group) is 1. The van der Waals surface area contributed by atoms with Crippen LogP contribution in [0.1, 0.15) is 11.1 Å². The van der Waals surface area contributed by atoms with Gasteiger partial charge in [0.1, 0.15) is 12.1 Å². The molecule has 26 heavy (non-hydrogen) atoms. The largest absolute Gasteiger partial charge is 0.465 e.